The maximum absolute atomic E-state index is 11.9. The van der Waals surface area contributed by atoms with E-state index in [-0.39, 0.29) is 18.3 Å². The number of hydrogen-bond acceptors (Lipinski definition) is 3. The predicted molar refractivity (Wildman–Crippen MR) is 82.3 cm³/mol. The molecule has 1 aromatic carbocycles. The van der Waals surface area contributed by atoms with Crippen LogP contribution in [-0.2, 0) is 11.3 Å². The number of halogens is 1. The summed E-state index contributed by atoms with van der Waals surface area (Å²) < 4.78 is 5.18. The molecule has 0 radical (unpaired) electrons. The van der Waals surface area contributed by atoms with Crippen LogP contribution in [0, 0.1) is 5.92 Å². The van der Waals surface area contributed by atoms with E-state index in [9.17, 15) is 4.79 Å². The Balaban J connectivity index is 0.00000200. The van der Waals surface area contributed by atoms with E-state index in [1.807, 2.05) is 31.3 Å². The van der Waals surface area contributed by atoms with E-state index < -0.39 is 0 Å². The molecule has 1 amide bonds. The molecule has 0 atom stereocenters. The molecule has 0 bridgehead atoms. The van der Waals surface area contributed by atoms with Gasteiger partial charge in [0.2, 0.25) is 5.91 Å². The molecule has 5 heteroatoms. The molecule has 0 spiro atoms. The maximum Gasteiger partial charge on any atom is 0.236 e. The number of benzene rings is 1. The van der Waals surface area contributed by atoms with Crippen molar-refractivity contribution in [3.05, 3.63) is 29.8 Å². The minimum absolute atomic E-state index is 0. The molecule has 0 unspecified atom stereocenters. The number of rotatable bonds is 7. The van der Waals surface area contributed by atoms with Gasteiger partial charge in [-0.15, -0.1) is 12.4 Å². The molecule has 1 aliphatic rings. The minimum Gasteiger partial charge on any atom is -0.497 e. The molecule has 0 aromatic heterocycles. The van der Waals surface area contributed by atoms with Crippen LogP contribution in [0.5, 0.6) is 5.75 Å². The molecular weight excluding hydrogens is 276 g/mol. The second-order valence-electron chi connectivity index (χ2n) is 5.18. The molecule has 0 saturated heterocycles. The van der Waals surface area contributed by atoms with Gasteiger partial charge < -0.3 is 15.0 Å². The molecule has 20 heavy (non-hydrogen) atoms. The zero-order valence-corrected chi connectivity index (χ0v) is 12.9. The van der Waals surface area contributed by atoms with Gasteiger partial charge in [0.1, 0.15) is 5.75 Å². The summed E-state index contributed by atoms with van der Waals surface area (Å²) in [5.41, 5.74) is 1.08. The van der Waals surface area contributed by atoms with Crippen molar-refractivity contribution in [1.29, 1.82) is 0 Å². The highest BCUT2D eigenvalue weighted by Crippen LogP contribution is 2.27. The lowest BCUT2D eigenvalue weighted by molar-refractivity contribution is -0.129. The van der Waals surface area contributed by atoms with Crippen molar-refractivity contribution in [2.45, 2.75) is 19.4 Å². The molecule has 2 rings (SSSR count). The van der Waals surface area contributed by atoms with E-state index in [1.54, 1.807) is 12.0 Å². The van der Waals surface area contributed by atoms with Crippen LogP contribution in [0.4, 0.5) is 0 Å². The van der Waals surface area contributed by atoms with E-state index in [0.717, 1.165) is 23.8 Å². The Hall–Kier alpha value is -1.26. The first kappa shape index (κ1) is 16.8. The Bertz CT molecular complexity index is 436. The first-order valence-electron chi connectivity index (χ1n) is 6.76. The summed E-state index contributed by atoms with van der Waals surface area (Å²) in [7, 11) is 3.48. The monoisotopic (exact) mass is 298 g/mol. The van der Waals surface area contributed by atoms with Gasteiger partial charge in [-0.3, -0.25) is 4.79 Å². The van der Waals surface area contributed by atoms with Gasteiger partial charge >= 0.3 is 0 Å². The summed E-state index contributed by atoms with van der Waals surface area (Å²) in [5.74, 6) is 1.75. The second-order valence-corrected chi connectivity index (χ2v) is 5.18. The average Bonchev–Trinajstić information content (AvgIpc) is 3.23. The lowest BCUT2D eigenvalue weighted by atomic mass is 10.2. The van der Waals surface area contributed by atoms with Crippen LogP contribution in [-0.4, -0.2) is 38.1 Å². The van der Waals surface area contributed by atoms with E-state index in [4.69, 9.17) is 4.74 Å². The van der Waals surface area contributed by atoms with Gasteiger partial charge in [0.15, 0.2) is 0 Å². The normalized spacial score (nSPS) is 13.5. The molecular formula is C15H23ClN2O2. The first-order valence-corrected chi connectivity index (χ1v) is 6.76. The van der Waals surface area contributed by atoms with Crippen molar-refractivity contribution in [3.8, 4) is 5.75 Å². The summed E-state index contributed by atoms with van der Waals surface area (Å²) in [6.07, 6.45) is 2.61. The number of ether oxygens (including phenoxy) is 1. The third-order valence-corrected chi connectivity index (χ3v) is 3.39. The van der Waals surface area contributed by atoms with Crippen molar-refractivity contribution in [2.24, 2.45) is 5.92 Å². The van der Waals surface area contributed by atoms with Gasteiger partial charge in [-0.25, -0.2) is 0 Å². The summed E-state index contributed by atoms with van der Waals surface area (Å²) in [6.45, 7) is 2.01. The van der Waals surface area contributed by atoms with Crippen molar-refractivity contribution < 1.29 is 9.53 Å². The van der Waals surface area contributed by atoms with Crippen LogP contribution in [0.1, 0.15) is 18.4 Å². The zero-order chi connectivity index (χ0) is 13.7. The number of nitrogens with zero attached hydrogens (tertiary/aromatic N) is 1. The molecule has 1 fully saturated rings. The highest BCUT2D eigenvalue weighted by atomic mass is 35.5. The fourth-order valence-electron chi connectivity index (χ4n) is 1.97. The van der Waals surface area contributed by atoms with Crippen molar-refractivity contribution in [3.63, 3.8) is 0 Å². The van der Waals surface area contributed by atoms with Crippen LogP contribution >= 0.6 is 12.4 Å². The third kappa shape index (κ3) is 5.39. The Labute approximate surface area is 126 Å². The van der Waals surface area contributed by atoms with Crippen molar-refractivity contribution in [2.75, 3.05) is 27.2 Å². The average molecular weight is 299 g/mol. The molecule has 1 saturated carbocycles. The second kappa shape index (κ2) is 8.12. The maximum atomic E-state index is 11.9. The summed E-state index contributed by atoms with van der Waals surface area (Å²) in [4.78, 5) is 13.7. The zero-order valence-electron chi connectivity index (χ0n) is 12.1. The van der Waals surface area contributed by atoms with E-state index in [1.165, 1.54) is 12.8 Å². The van der Waals surface area contributed by atoms with Gasteiger partial charge in [-0.05, 0) is 43.0 Å². The van der Waals surface area contributed by atoms with Crippen LogP contribution in [0.3, 0.4) is 0 Å². The van der Waals surface area contributed by atoms with Gasteiger partial charge in [-0.1, -0.05) is 12.1 Å². The van der Waals surface area contributed by atoms with Crippen LogP contribution < -0.4 is 10.1 Å². The predicted octanol–water partition coefficient (Wildman–Crippen LogP) is 2.07. The van der Waals surface area contributed by atoms with Crippen LogP contribution in [0.15, 0.2) is 24.3 Å². The Morgan fingerprint density at radius 1 is 1.45 bits per heavy atom. The fourth-order valence-corrected chi connectivity index (χ4v) is 1.97. The minimum atomic E-state index is 0. The van der Waals surface area contributed by atoms with Gasteiger partial charge in [0.25, 0.3) is 0 Å². The molecule has 112 valence electrons. The van der Waals surface area contributed by atoms with Crippen molar-refractivity contribution >= 4 is 18.3 Å². The van der Waals surface area contributed by atoms with Crippen LogP contribution in [0.2, 0.25) is 0 Å². The highest BCUT2D eigenvalue weighted by molar-refractivity contribution is 5.85. The quantitative estimate of drug-likeness (QED) is 0.838. The van der Waals surface area contributed by atoms with E-state index in [0.29, 0.717) is 13.1 Å². The SMILES string of the molecule is COc1cccc(CN(C)C(=O)CNCC2CC2)c1.Cl. The number of carbonyl (C=O) groups excluding carboxylic acids is 1. The van der Waals surface area contributed by atoms with Crippen molar-refractivity contribution in [1.82, 2.24) is 10.2 Å². The molecule has 0 aliphatic heterocycles. The van der Waals surface area contributed by atoms with Gasteiger partial charge in [-0.2, -0.15) is 0 Å². The number of likely N-dealkylation sites (N-methyl/N-ethyl adjacent to an activating group) is 1. The number of carbonyl (C=O) groups is 1. The fraction of sp³-hybridized carbons (Fsp3) is 0.533. The van der Waals surface area contributed by atoms with Gasteiger partial charge in [0, 0.05) is 13.6 Å². The Morgan fingerprint density at radius 3 is 2.85 bits per heavy atom. The smallest absolute Gasteiger partial charge is 0.236 e. The summed E-state index contributed by atoms with van der Waals surface area (Å²) >= 11 is 0. The summed E-state index contributed by atoms with van der Waals surface area (Å²) in [6, 6.07) is 7.81. The number of hydrogen-bond donors (Lipinski definition) is 1. The lowest BCUT2D eigenvalue weighted by Gasteiger charge is -2.18. The largest absolute Gasteiger partial charge is 0.497 e. The Kier molecular flexibility index (Phi) is 6.82. The number of methoxy groups -OCH3 is 1. The molecule has 0 heterocycles. The van der Waals surface area contributed by atoms with Crippen LogP contribution in [0.25, 0.3) is 0 Å². The number of nitrogens with one attached hydrogen (secondary N) is 1. The lowest BCUT2D eigenvalue weighted by Crippen LogP contribution is -2.35. The standard InChI is InChI=1S/C15H22N2O2.ClH/c1-17(15(18)10-16-9-12-6-7-12)11-13-4-3-5-14(8-13)19-2;/h3-5,8,12,16H,6-7,9-11H2,1-2H3;1H. The first-order chi connectivity index (χ1) is 9.19. The number of amides is 1. The third-order valence-electron chi connectivity index (χ3n) is 3.39. The van der Waals surface area contributed by atoms with Gasteiger partial charge in [0.05, 0.1) is 13.7 Å². The highest BCUT2D eigenvalue weighted by Gasteiger charge is 2.21. The Morgan fingerprint density at radius 2 is 2.20 bits per heavy atom. The van der Waals surface area contributed by atoms with E-state index in [2.05, 4.69) is 5.32 Å². The molecule has 1 N–H and O–H groups in total. The molecule has 4 nitrogen and oxygen atoms in total. The summed E-state index contributed by atoms with van der Waals surface area (Å²) in [5, 5.41) is 3.22. The van der Waals surface area contributed by atoms with E-state index >= 15 is 0 Å². The molecule has 1 aliphatic carbocycles. The topological polar surface area (TPSA) is 41.6 Å². The molecule has 1 aromatic rings.